The Balaban J connectivity index is 1.94. The summed E-state index contributed by atoms with van der Waals surface area (Å²) in [6.07, 6.45) is 2.31. The van der Waals surface area contributed by atoms with E-state index in [1.54, 1.807) is 4.90 Å². The number of hydrogen-bond acceptors (Lipinski definition) is 4. The van der Waals surface area contributed by atoms with Gasteiger partial charge in [-0.05, 0) is 25.8 Å². The Labute approximate surface area is 142 Å². The van der Waals surface area contributed by atoms with E-state index in [-0.39, 0.29) is 23.5 Å². The molecule has 1 saturated heterocycles. The molecule has 0 spiro atoms. The maximum absolute atomic E-state index is 13.1. The van der Waals surface area contributed by atoms with Crippen LogP contribution in [0.2, 0.25) is 0 Å². The average Bonchev–Trinajstić information content (AvgIpc) is 3.08. The molecule has 1 unspecified atom stereocenters. The molecule has 0 saturated carbocycles. The lowest BCUT2D eigenvalue weighted by atomic mass is 10.1. The molecule has 1 atom stereocenters. The van der Waals surface area contributed by atoms with Crippen LogP contribution in [0.4, 0.5) is 0 Å². The minimum atomic E-state index is -3.04. The minimum Gasteiger partial charge on any atom is -0.451 e. The van der Waals surface area contributed by atoms with Crippen LogP contribution >= 0.6 is 0 Å². The molecule has 1 fully saturated rings. The fraction of sp³-hybridized carbons (Fsp3) is 0.500. The number of carbonyl (C=O) groups is 1. The van der Waals surface area contributed by atoms with Gasteiger partial charge in [0.15, 0.2) is 15.6 Å². The molecule has 24 heavy (non-hydrogen) atoms. The summed E-state index contributed by atoms with van der Waals surface area (Å²) >= 11 is 0. The number of hydrogen-bond donors (Lipinski definition) is 0. The van der Waals surface area contributed by atoms with E-state index >= 15 is 0 Å². The highest BCUT2D eigenvalue weighted by atomic mass is 32.2. The van der Waals surface area contributed by atoms with Gasteiger partial charge in [-0.15, -0.1) is 0 Å². The fourth-order valence-corrected chi connectivity index (χ4v) is 5.04. The first-order chi connectivity index (χ1) is 11.4. The Morgan fingerprint density at radius 3 is 2.71 bits per heavy atom. The van der Waals surface area contributed by atoms with Crippen molar-refractivity contribution in [3.8, 4) is 0 Å². The number of nitrogens with zero attached hydrogens (tertiary/aromatic N) is 1. The summed E-state index contributed by atoms with van der Waals surface area (Å²) in [4.78, 5) is 14.8. The molecule has 6 heteroatoms. The van der Waals surface area contributed by atoms with E-state index < -0.39 is 9.84 Å². The van der Waals surface area contributed by atoms with Crippen LogP contribution in [0.3, 0.4) is 0 Å². The van der Waals surface area contributed by atoms with Crippen molar-refractivity contribution < 1.29 is 17.6 Å². The number of sulfone groups is 1. The van der Waals surface area contributed by atoms with Crippen LogP contribution in [0, 0.1) is 6.92 Å². The molecule has 0 radical (unpaired) electrons. The number of para-hydroxylation sites is 1. The third-order valence-electron chi connectivity index (χ3n) is 4.70. The molecule has 0 bridgehead atoms. The molecule has 1 aliphatic heterocycles. The zero-order valence-electron chi connectivity index (χ0n) is 14.1. The Kier molecular flexibility index (Phi) is 4.67. The number of carbonyl (C=O) groups excluding carboxylic acids is 1. The highest BCUT2D eigenvalue weighted by molar-refractivity contribution is 7.91. The van der Waals surface area contributed by atoms with Gasteiger partial charge in [-0.25, -0.2) is 8.42 Å². The largest absolute Gasteiger partial charge is 0.451 e. The Morgan fingerprint density at radius 2 is 2.08 bits per heavy atom. The van der Waals surface area contributed by atoms with Crippen LogP contribution in [0.15, 0.2) is 28.7 Å². The number of fused-ring (bicyclic) bond motifs is 1. The van der Waals surface area contributed by atoms with Gasteiger partial charge in [0.1, 0.15) is 5.58 Å². The summed E-state index contributed by atoms with van der Waals surface area (Å²) in [5.74, 6) is 0.352. The van der Waals surface area contributed by atoms with Crippen molar-refractivity contribution in [3.63, 3.8) is 0 Å². The van der Waals surface area contributed by atoms with E-state index in [1.807, 2.05) is 31.2 Å². The van der Waals surface area contributed by atoms with Crippen molar-refractivity contribution in [2.45, 2.75) is 39.2 Å². The van der Waals surface area contributed by atoms with Gasteiger partial charge in [0, 0.05) is 23.5 Å². The molecule has 5 nitrogen and oxygen atoms in total. The van der Waals surface area contributed by atoms with Crippen LogP contribution in [0.5, 0.6) is 0 Å². The van der Waals surface area contributed by atoms with Gasteiger partial charge >= 0.3 is 0 Å². The zero-order chi connectivity index (χ0) is 17.3. The summed E-state index contributed by atoms with van der Waals surface area (Å²) in [5, 5.41) is 0.926. The normalized spacial score (nSPS) is 19.7. The van der Waals surface area contributed by atoms with Crippen LogP contribution in [-0.4, -0.2) is 43.3 Å². The first-order valence-electron chi connectivity index (χ1n) is 8.42. The molecule has 1 aromatic heterocycles. The van der Waals surface area contributed by atoms with Crippen LogP contribution in [0.1, 0.15) is 42.3 Å². The van der Waals surface area contributed by atoms with Crippen molar-refractivity contribution in [3.05, 3.63) is 35.6 Å². The number of benzene rings is 1. The Bertz CT molecular complexity index is 853. The number of aryl methyl sites for hydroxylation is 1. The topological polar surface area (TPSA) is 67.6 Å². The lowest BCUT2D eigenvalue weighted by Gasteiger charge is -2.27. The molecule has 0 N–H and O–H groups in total. The quantitative estimate of drug-likeness (QED) is 0.831. The predicted octanol–water partition coefficient (Wildman–Crippen LogP) is 3.17. The summed E-state index contributed by atoms with van der Waals surface area (Å²) in [6, 6.07) is 7.31. The van der Waals surface area contributed by atoms with Gasteiger partial charge in [-0.3, -0.25) is 4.79 Å². The highest BCUT2D eigenvalue weighted by Gasteiger charge is 2.36. The van der Waals surface area contributed by atoms with Gasteiger partial charge in [0.25, 0.3) is 5.91 Å². The molecule has 1 amide bonds. The monoisotopic (exact) mass is 349 g/mol. The van der Waals surface area contributed by atoms with E-state index in [4.69, 9.17) is 4.42 Å². The summed E-state index contributed by atoms with van der Waals surface area (Å²) in [5.41, 5.74) is 1.51. The first-order valence-corrected chi connectivity index (χ1v) is 10.2. The second kappa shape index (κ2) is 6.59. The molecular weight excluding hydrogens is 326 g/mol. The average molecular weight is 349 g/mol. The van der Waals surface area contributed by atoms with Gasteiger partial charge in [0.05, 0.1) is 11.5 Å². The van der Waals surface area contributed by atoms with Crippen molar-refractivity contribution in [2.24, 2.45) is 0 Å². The summed E-state index contributed by atoms with van der Waals surface area (Å²) in [7, 11) is -3.04. The number of furan rings is 1. The zero-order valence-corrected chi connectivity index (χ0v) is 14.9. The highest BCUT2D eigenvalue weighted by Crippen LogP contribution is 2.28. The molecule has 1 aromatic carbocycles. The van der Waals surface area contributed by atoms with Crippen LogP contribution < -0.4 is 0 Å². The molecule has 130 valence electrons. The number of amides is 1. The molecule has 0 aliphatic carbocycles. The Morgan fingerprint density at radius 1 is 1.33 bits per heavy atom. The summed E-state index contributed by atoms with van der Waals surface area (Å²) in [6.45, 7) is 4.49. The minimum absolute atomic E-state index is 0.0573. The number of unbranched alkanes of at least 4 members (excludes halogenated alkanes) is 1. The molecule has 1 aliphatic rings. The van der Waals surface area contributed by atoms with Crippen molar-refractivity contribution >= 4 is 26.7 Å². The van der Waals surface area contributed by atoms with Gasteiger partial charge in [0.2, 0.25) is 0 Å². The van der Waals surface area contributed by atoms with E-state index in [0.717, 1.165) is 23.8 Å². The van der Waals surface area contributed by atoms with Crippen molar-refractivity contribution in [1.29, 1.82) is 0 Å². The second-order valence-electron chi connectivity index (χ2n) is 6.46. The van der Waals surface area contributed by atoms with Gasteiger partial charge in [-0.1, -0.05) is 31.5 Å². The van der Waals surface area contributed by atoms with E-state index in [1.165, 1.54) is 0 Å². The third-order valence-corrected chi connectivity index (χ3v) is 6.45. The first kappa shape index (κ1) is 17.0. The van der Waals surface area contributed by atoms with Crippen LogP contribution in [-0.2, 0) is 9.84 Å². The van der Waals surface area contributed by atoms with Crippen LogP contribution in [0.25, 0.3) is 11.0 Å². The van der Waals surface area contributed by atoms with Crippen molar-refractivity contribution in [2.75, 3.05) is 18.1 Å². The summed E-state index contributed by atoms with van der Waals surface area (Å²) < 4.78 is 29.4. The predicted molar refractivity (Wildman–Crippen MR) is 94.0 cm³/mol. The SMILES string of the molecule is CCCCN(C(=O)c1oc2ccccc2c1C)C1CCS(=O)(=O)C1. The van der Waals surface area contributed by atoms with Crippen molar-refractivity contribution in [1.82, 2.24) is 4.90 Å². The standard InChI is InChI=1S/C18H23NO4S/c1-3-4-10-19(14-9-11-24(21,22)12-14)18(20)17-13(2)15-7-5-6-8-16(15)23-17/h5-8,14H,3-4,9-12H2,1-2H3. The van der Waals surface area contributed by atoms with Gasteiger partial charge in [-0.2, -0.15) is 0 Å². The molecule has 2 aromatic rings. The Hall–Kier alpha value is -1.82. The molecular formula is C18H23NO4S. The van der Waals surface area contributed by atoms with E-state index in [2.05, 4.69) is 6.92 Å². The lowest BCUT2D eigenvalue weighted by molar-refractivity contribution is 0.0663. The van der Waals surface area contributed by atoms with E-state index in [9.17, 15) is 13.2 Å². The fourth-order valence-electron chi connectivity index (χ4n) is 3.31. The maximum Gasteiger partial charge on any atom is 0.290 e. The smallest absolute Gasteiger partial charge is 0.290 e. The van der Waals surface area contributed by atoms with Gasteiger partial charge < -0.3 is 9.32 Å². The third kappa shape index (κ3) is 3.20. The second-order valence-corrected chi connectivity index (χ2v) is 8.69. The molecule has 3 rings (SSSR count). The number of rotatable bonds is 5. The lowest BCUT2D eigenvalue weighted by Crippen LogP contribution is -2.41. The van der Waals surface area contributed by atoms with E-state index in [0.29, 0.717) is 24.3 Å². The maximum atomic E-state index is 13.1. The molecule has 2 heterocycles.